The van der Waals surface area contributed by atoms with Crippen LogP contribution in [0.5, 0.6) is 0 Å². The predicted octanol–water partition coefficient (Wildman–Crippen LogP) is 1.17. The Morgan fingerprint density at radius 1 is 1.18 bits per heavy atom. The average Bonchev–Trinajstić information content (AvgIpc) is 2.30. The van der Waals surface area contributed by atoms with E-state index in [-0.39, 0.29) is 0 Å². The summed E-state index contributed by atoms with van der Waals surface area (Å²) in [6.07, 6.45) is 1.75. The largest absolute Gasteiger partial charge is 0.330 e. The van der Waals surface area contributed by atoms with Gasteiger partial charge in [0.25, 0.3) is 0 Å². The van der Waals surface area contributed by atoms with Crippen molar-refractivity contribution >= 4 is 0 Å². The lowest BCUT2D eigenvalue weighted by molar-refractivity contribution is 0.305. The van der Waals surface area contributed by atoms with E-state index in [0.29, 0.717) is 6.54 Å². The first-order chi connectivity index (χ1) is 8.19. The van der Waals surface area contributed by atoms with E-state index in [9.17, 15) is 0 Å². The van der Waals surface area contributed by atoms with Crippen LogP contribution in [0.15, 0.2) is 6.07 Å². The molecule has 0 radical (unpaired) electrons. The van der Waals surface area contributed by atoms with E-state index in [4.69, 9.17) is 5.73 Å². The molecule has 17 heavy (non-hydrogen) atoms. The molecule has 1 heterocycles. The number of hydrogen-bond donors (Lipinski definition) is 1. The zero-order valence-electron chi connectivity index (χ0n) is 11.2. The Morgan fingerprint density at radius 2 is 1.88 bits per heavy atom. The number of aromatic nitrogens is 2. The monoisotopic (exact) mass is 236 g/mol. The molecule has 0 atom stereocenters. The maximum atomic E-state index is 5.56. The fourth-order valence-corrected chi connectivity index (χ4v) is 1.89. The van der Waals surface area contributed by atoms with Gasteiger partial charge in [-0.05, 0) is 32.6 Å². The lowest BCUT2D eigenvalue weighted by Gasteiger charge is -2.17. The number of nitrogens with zero attached hydrogens (tertiary/aromatic N) is 3. The fourth-order valence-electron chi connectivity index (χ4n) is 1.89. The number of rotatable bonds is 7. The minimum atomic E-state index is 0.645. The van der Waals surface area contributed by atoms with E-state index in [1.54, 1.807) is 0 Å². The van der Waals surface area contributed by atoms with Crippen molar-refractivity contribution in [1.82, 2.24) is 14.9 Å². The highest BCUT2D eigenvalue weighted by Gasteiger charge is 2.04. The molecule has 1 rings (SSSR count). The Kier molecular flexibility index (Phi) is 6.08. The predicted molar refractivity (Wildman–Crippen MR) is 71.0 cm³/mol. The first-order valence-electron chi connectivity index (χ1n) is 6.45. The van der Waals surface area contributed by atoms with Crippen molar-refractivity contribution in [1.29, 1.82) is 0 Å². The van der Waals surface area contributed by atoms with Gasteiger partial charge in [-0.2, -0.15) is 0 Å². The Hall–Kier alpha value is -1.00. The molecule has 2 N–H and O–H groups in total. The first kappa shape index (κ1) is 14.1. The van der Waals surface area contributed by atoms with Crippen molar-refractivity contribution in [3.05, 3.63) is 23.3 Å². The van der Waals surface area contributed by atoms with Gasteiger partial charge in [0, 0.05) is 30.8 Å². The summed E-state index contributed by atoms with van der Waals surface area (Å²) >= 11 is 0. The van der Waals surface area contributed by atoms with Gasteiger partial charge in [0.2, 0.25) is 0 Å². The third-order valence-electron chi connectivity index (χ3n) is 2.90. The Bertz CT molecular complexity index is 334. The second-order valence-corrected chi connectivity index (χ2v) is 4.23. The highest BCUT2D eigenvalue weighted by Crippen LogP contribution is 2.03. The van der Waals surface area contributed by atoms with Crippen LogP contribution in [0, 0.1) is 6.92 Å². The van der Waals surface area contributed by atoms with E-state index in [2.05, 4.69) is 28.7 Å². The summed E-state index contributed by atoms with van der Waals surface area (Å²) in [4.78, 5) is 11.4. The molecule has 4 nitrogen and oxygen atoms in total. The van der Waals surface area contributed by atoms with E-state index in [1.807, 2.05) is 13.0 Å². The highest BCUT2D eigenvalue weighted by molar-refractivity contribution is 5.10. The summed E-state index contributed by atoms with van der Waals surface area (Å²) in [6, 6.07) is 2.02. The van der Waals surface area contributed by atoms with E-state index >= 15 is 0 Å². The van der Waals surface area contributed by atoms with Gasteiger partial charge in [-0.3, -0.25) is 0 Å². The summed E-state index contributed by atoms with van der Waals surface area (Å²) in [5, 5.41) is 0. The summed E-state index contributed by atoms with van der Waals surface area (Å²) in [6.45, 7) is 10.2. The standard InChI is InChI=1S/C13H24N4/c1-4-17(5-2)9-7-13-15-11(3)10-12(16-13)6-8-14/h10H,4-9,14H2,1-3H3. The molecule has 0 saturated heterocycles. The second kappa shape index (κ2) is 7.35. The fraction of sp³-hybridized carbons (Fsp3) is 0.692. The maximum Gasteiger partial charge on any atom is 0.130 e. The van der Waals surface area contributed by atoms with Crippen LogP contribution in [-0.4, -0.2) is 41.0 Å². The molecule has 0 saturated carbocycles. The maximum absolute atomic E-state index is 5.56. The average molecular weight is 236 g/mol. The van der Waals surface area contributed by atoms with Crippen LogP contribution in [0.25, 0.3) is 0 Å². The van der Waals surface area contributed by atoms with Gasteiger partial charge < -0.3 is 10.6 Å². The smallest absolute Gasteiger partial charge is 0.130 e. The molecular formula is C13H24N4. The van der Waals surface area contributed by atoms with Gasteiger partial charge in [-0.15, -0.1) is 0 Å². The SMILES string of the molecule is CCN(CC)CCc1nc(C)cc(CCN)n1. The van der Waals surface area contributed by atoms with Gasteiger partial charge in [0.05, 0.1) is 0 Å². The van der Waals surface area contributed by atoms with Crippen molar-refractivity contribution in [2.24, 2.45) is 5.73 Å². The van der Waals surface area contributed by atoms with Crippen molar-refractivity contribution < 1.29 is 0 Å². The van der Waals surface area contributed by atoms with Gasteiger partial charge in [0.15, 0.2) is 0 Å². The molecule has 1 aromatic heterocycles. The van der Waals surface area contributed by atoms with Gasteiger partial charge >= 0.3 is 0 Å². The van der Waals surface area contributed by atoms with Gasteiger partial charge in [0.1, 0.15) is 5.82 Å². The zero-order chi connectivity index (χ0) is 12.7. The first-order valence-corrected chi connectivity index (χ1v) is 6.45. The van der Waals surface area contributed by atoms with Crippen molar-refractivity contribution in [3.8, 4) is 0 Å². The molecule has 0 spiro atoms. The molecule has 0 amide bonds. The minimum absolute atomic E-state index is 0.645. The summed E-state index contributed by atoms with van der Waals surface area (Å²) in [5.41, 5.74) is 7.66. The van der Waals surface area contributed by atoms with E-state index in [1.165, 1.54) is 0 Å². The molecule has 0 unspecified atom stereocenters. The van der Waals surface area contributed by atoms with Crippen LogP contribution < -0.4 is 5.73 Å². The molecule has 0 aromatic carbocycles. The van der Waals surface area contributed by atoms with Crippen molar-refractivity contribution in [2.75, 3.05) is 26.2 Å². The molecule has 0 fully saturated rings. The molecule has 0 aliphatic rings. The van der Waals surface area contributed by atoms with E-state index in [0.717, 1.165) is 49.7 Å². The number of hydrogen-bond acceptors (Lipinski definition) is 4. The van der Waals surface area contributed by atoms with Crippen LogP contribution in [-0.2, 0) is 12.8 Å². The number of likely N-dealkylation sites (N-methyl/N-ethyl adjacent to an activating group) is 1. The topological polar surface area (TPSA) is 55.0 Å². The second-order valence-electron chi connectivity index (χ2n) is 4.23. The number of aryl methyl sites for hydroxylation is 1. The summed E-state index contributed by atoms with van der Waals surface area (Å²) in [7, 11) is 0. The van der Waals surface area contributed by atoms with Gasteiger partial charge in [-0.25, -0.2) is 9.97 Å². The van der Waals surface area contributed by atoms with Gasteiger partial charge in [-0.1, -0.05) is 13.8 Å². The molecule has 96 valence electrons. The molecule has 0 aliphatic heterocycles. The van der Waals surface area contributed by atoms with Crippen molar-refractivity contribution in [2.45, 2.75) is 33.6 Å². The quantitative estimate of drug-likeness (QED) is 0.772. The van der Waals surface area contributed by atoms with Crippen LogP contribution in [0.3, 0.4) is 0 Å². The third kappa shape index (κ3) is 4.79. The van der Waals surface area contributed by atoms with Crippen LogP contribution in [0.4, 0.5) is 0 Å². The Labute approximate surface area is 104 Å². The molecule has 0 bridgehead atoms. The van der Waals surface area contributed by atoms with Crippen LogP contribution in [0.1, 0.15) is 31.1 Å². The van der Waals surface area contributed by atoms with Crippen LogP contribution in [0.2, 0.25) is 0 Å². The van der Waals surface area contributed by atoms with E-state index < -0.39 is 0 Å². The lowest BCUT2D eigenvalue weighted by Crippen LogP contribution is -2.26. The Balaban J connectivity index is 2.63. The number of nitrogens with two attached hydrogens (primary N) is 1. The highest BCUT2D eigenvalue weighted by atomic mass is 15.1. The lowest BCUT2D eigenvalue weighted by atomic mass is 10.2. The van der Waals surface area contributed by atoms with Crippen molar-refractivity contribution in [3.63, 3.8) is 0 Å². The zero-order valence-corrected chi connectivity index (χ0v) is 11.2. The Morgan fingerprint density at radius 3 is 2.47 bits per heavy atom. The minimum Gasteiger partial charge on any atom is -0.330 e. The molecular weight excluding hydrogens is 212 g/mol. The summed E-state index contributed by atoms with van der Waals surface area (Å²) in [5.74, 6) is 0.945. The molecule has 1 aromatic rings. The summed E-state index contributed by atoms with van der Waals surface area (Å²) < 4.78 is 0. The van der Waals surface area contributed by atoms with Crippen LogP contribution >= 0.6 is 0 Å². The normalized spacial score (nSPS) is 11.1. The molecule has 0 aliphatic carbocycles. The molecule has 4 heteroatoms. The third-order valence-corrected chi connectivity index (χ3v) is 2.90.